The summed E-state index contributed by atoms with van der Waals surface area (Å²) in [5, 5.41) is 3.29. The lowest BCUT2D eigenvalue weighted by atomic mass is 9.98. The Hall–Kier alpha value is -3.27. The summed E-state index contributed by atoms with van der Waals surface area (Å²) in [5.41, 5.74) is 12.4. The van der Waals surface area contributed by atoms with Crippen molar-refractivity contribution in [2.24, 2.45) is 11.7 Å². The molecule has 2 aromatic rings. The molecule has 36 heavy (non-hydrogen) atoms. The molecule has 2 atom stereocenters. The van der Waals surface area contributed by atoms with Crippen LogP contribution >= 0.6 is 23.2 Å². The van der Waals surface area contributed by atoms with Crippen molar-refractivity contribution in [3.8, 4) is 0 Å². The highest BCUT2D eigenvalue weighted by molar-refractivity contribution is 6.31. The van der Waals surface area contributed by atoms with Gasteiger partial charge in [-0.25, -0.2) is 0 Å². The number of Topliss-reactive ketones (excluding diaryl/α,β-unsaturated/α-hetero) is 3. The highest BCUT2D eigenvalue weighted by atomic mass is 35.5. The molecule has 1 amide bonds. The average Bonchev–Trinajstić information content (AvgIpc) is 2.79. The molecular formula is C25H29Cl2N3O6. The van der Waals surface area contributed by atoms with E-state index in [0.717, 1.165) is 0 Å². The zero-order chi connectivity index (χ0) is 27.4. The molecule has 0 spiro atoms. The largest absolute Gasteiger partial charge is 0.466 e. The Labute approximate surface area is 219 Å². The van der Waals surface area contributed by atoms with Crippen LogP contribution in [0.25, 0.3) is 0 Å². The van der Waals surface area contributed by atoms with Crippen LogP contribution in [0.4, 0.5) is 11.4 Å². The van der Waals surface area contributed by atoms with E-state index >= 15 is 0 Å². The lowest BCUT2D eigenvalue weighted by Crippen LogP contribution is -2.31. The summed E-state index contributed by atoms with van der Waals surface area (Å²) in [4.78, 5) is 56.9. The molecule has 0 fully saturated rings. The van der Waals surface area contributed by atoms with Gasteiger partial charge in [0.2, 0.25) is 6.41 Å². The first kappa shape index (κ1) is 30.8. The molecule has 9 nitrogen and oxygen atoms in total. The quantitative estimate of drug-likeness (QED) is 0.167. The van der Waals surface area contributed by atoms with Crippen molar-refractivity contribution in [3.05, 3.63) is 57.6 Å². The summed E-state index contributed by atoms with van der Waals surface area (Å²) in [5.74, 6) is -1.69. The van der Waals surface area contributed by atoms with Gasteiger partial charge < -0.3 is 21.5 Å². The summed E-state index contributed by atoms with van der Waals surface area (Å²) in [6, 6.07) is 8.39. The Balaban J connectivity index is 0.000000369. The van der Waals surface area contributed by atoms with Crippen molar-refractivity contribution in [1.82, 2.24) is 0 Å². The van der Waals surface area contributed by atoms with E-state index in [4.69, 9.17) is 39.4 Å². The maximum Gasteiger partial charge on any atom is 0.309 e. The Morgan fingerprint density at radius 3 is 2.08 bits per heavy atom. The van der Waals surface area contributed by atoms with Crippen LogP contribution in [0.1, 0.15) is 54.3 Å². The van der Waals surface area contributed by atoms with E-state index in [9.17, 15) is 24.0 Å². The fourth-order valence-corrected chi connectivity index (χ4v) is 3.29. The first-order valence-electron chi connectivity index (χ1n) is 10.9. The molecule has 194 valence electrons. The van der Waals surface area contributed by atoms with Gasteiger partial charge in [-0.05, 0) is 50.2 Å². The lowest BCUT2D eigenvalue weighted by molar-refractivity contribution is -0.147. The molecule has 0 saturated carbocycles. The van der Waals surface area contributed by atoms with Crippen LogP contribution in [0, 0.1) is 5.92 Å². The van der Waals surface area contributed by atoms with Crippen LogP contribution in [0.15, 0.2) is 36.4 Å². The SMILES string of the molecule is CC(=O)[C@@H](N)CC(=O)c1ccc(Cl)cc1N.CCOC(=O)[C@@H](C)CC(=O)c1ccc(Cl)cc1NC=O. The van der Waals surface area contributed by atoms with Gasteiger partial charge in [-0.2, -0.15) is 0 Å². The fraction of sp³-hybridized carbons (Fsp3) is 0.320. The third-order valence-corrected chi connectivity index (χ3v) is 5.39. The molecule has 11 heteroatoms. The molecule has 2 aromatic carbocycles. The number of anilines is 2. The number of hydrogen-bond donors (Lipinski definition) is 3. The van der Waals surface area contributed by atoms with Gasteiger partial charge in [0.05, 0.1) is 24.3 Å². The highest BCUT2D eigenvalue weighted by Crippen LogP contribution is 2.23. The van der Waals surface area contributed by atoms with Crippen LogP contribution in [0.2, 0.25) is 10.0 Å². The molecule has 0 bridgehead atoms. The van der Waals surface area contributed by atoms with Crippen molar-refractivity contribution < 1.29 is 28.7 Å². The standard InChI is InChI=1S/C14H16ClNO4.C11H13ClN2O2/c1-3-20-14(19)9(2)6-13(18)11-5-4-10(15)7-12(11)16-8-17;1-6(15)9(13)5-11(16)8-3-2-7(12)4-10(8)14/h4-5,7-9H,3,6H2,1-2H3,(H,16,17);2-4,9H,5,13-14H2,1H3/t2*9-/m00/s1. The second-order valence-corrected chi connectivity index (χ2v) is 8.68. The molecule has 0 unspecified atom stereocenters. The number of nitrogen functional groups attached to an aromatic ring is 1. The number of hydrogen-bond acceptors (Lipinski definition) is 8. The molecule has 0 aliphatic heterocycles. The van der Waals surface area contributed by atoms with Crippen LogP contribution in [0.5, 0.6) is 0 Å². The minimum absolute atomic E-state index is 0.00794. The molecule has 0 aromatic heterocycles. The molecule has 0 aliphatic rings. The van der Waals surface area contributed by atoms with E-state index in [-0.39, 0.29) is 36.8 Å². The van der Waals surface area contributed by atoms with Gasteiger partial charge in [0.15, 0.2) is 11.6 Å². The summed E-state index contributed by atoms with van der Waals surface area (Å²) < 4.78 is 4.85. The van der Waals surface area contributed by atoms with Gasteiger partial charge in [0, 0.05) is 39.7 Å². The molecule has 2 rings (SSSR count). The zero-order valence-electron chi connectivity index (χ0n) is 20.2. The molecule has 0 saturated heterocycles. The van der Waals surface area contributed by atoms with Crippen molar-refractivity contribution in [3.63, 3.8) is 0 Å². The number of halogens is 2. The van der Waals surface area contributed by atoms with E-state index in [1.807, 2.05) is 0 Å². The van der Waals surface area contributed by atoms with Crippen molar-refractivity contribution in [2.45, 2.75) is 39.7 Å². The first-order valence-corrected chi connectivity index (χ1v) is 11.7. The number of carbonyl (C=O) groups is 5. The van der Waals surface area contributed by atoms with E-state index in [0.29, 0.717) is 39.0 Å². The van der Waals surface area contributed by atoms with Crippen molar-refractivity contribution in [1.29, 1.82) is 0 Å². The fourth-order valence-electron chi connectivity index (χ4n) is 2.94. The normalized spacial score (nSPS) is 11.8. The van der Waals surface area contributed by atoms with Crippen LogP contribution in [-0.4, -0.2) is 42.4 Å². The molecular weight excluding hydrogens is 509 g/mol. The van der Waals surface area contributed by atoms with E-state index in [1.54, 1.807) is 26.0 Å². The van der Waals surface area contributed by atoms with Crippen LogP contribution in [0.3, 0.4) is 0 Å². The average molecular weight is 538 g/mol. The van der Waals surface area contributed by atoms with Gasteiger partial charge in [0.25, 0.3) is 0 Å². The van der Waals surface area contributed by atoms with Crippen molar-refractivity contribution in [2.75, 3.05) is 17.7 Å². The number of rotatable bonds is 11. The Morgan fingerprint density at radius 1 is 1.00 bits per heavy atom. The van der Waals surface area contributed by atoms with Crippen LogP contribution in [-0.2, 0) is 19.1 Å². The number of nitrogens with two attached hydrogens (primary N) is 2. The number of carbonyl (C=O) groups excluding carboxylic acids is 5. The third-order valence-electron chi connectivity index (χ3n) is 4.92. The van der Waals surface area contributed by atoms with Gasteiger partial charge in [0.1, 0.15) is 5.78 Å². The number of ether oxygens (including phenoxy) is 1. The zero-order valence-corrected chi connectivity index (χ0v) is 21.7. The summed E-state index contributed by atoms with van der Waals surface area (Å²) >= 11 is 11.5. The first-order chi connectivity index (χ1) is 16.9. The molecule has 5 N–H and O–H groups in total. The predicted molar refractivity (Wildman–Crippen MR) is 139 cm³/mol. The topological polar surface area (TPSA) is 159 Å². The number of amides is 1. The maximum absolute atomic E-state index is 12.2. The van der Waals surface area contributed by atoms with Gasteiger partial charge in [-0.1, -0.05) is 30.1 Å². The van der Waals surface area contributed by atoms with Crippen molar-refractivity contribution >= 4 is 64.3 Å². The number of nitrogens with one attached hydrogen (secondary N) is 1. The summed E-state index contributed by atoms with van der Waals surface area (Å²) in [6.07, 6.45) is 0.437. The number of esters is 1. The van der Waals surface area contributed by atoms with E-state index in [1.165, 1.54) is 31.2 Å². The molecule has 0 radical (unpaired) electrons. The minimum atomic E-state index is -0.775. The Kier molecular flexibility index (Phi) is 12.8. The molecule has 0 aliphatic carbocycles. The lowest BCUT2D eigenvalue weighted by Gasteiger charge is -2.12. The summed E-state index contributed by atoms with van der Waals surface area (Å²) in [6.45, 7) is 4.95. The van der Waals surface area contributed by atoms with E-state index < -0.39 is 17.9 Å². The predicted octanol–water partition coefficient (Wildman–Crippen LogP) is 4.09. The van der Waals surface area contributed by atoms with Crippen LogP contribution < -0.4 is 16.8 Å². The monoisotopic (exact) mass is 537 g/mol. The third kappa shape index (κ3) is 9.77. The number of ketones is 3. The van der Waals surface area contributed by atoms with Gasteiger partial charge in [-0.3, -0.25) is 24.0 Å². The minimum Gasteiger partial charge on any atom is -0.466 e. The Morgan fingerprint density at radius 2 is 1.56 bits per heavy atom. The second-order valence-electron chi connectivity index (χ2n) is 7.81. The van der Waals surface area contributed by atoms with E-state index in [2.05, 4.69) is 5.32 Å². The van der Waals surface area contributed by atoms with Gasteiger partial charge >= 0.3 is 5.97 Å². The number of benzene rings is 2. The summed E-state index contributed by atoms with van der Waals surface area (Å²) in [7, 11) is 0. The van der Waals surface area contributed by atoms with Gasteiger partial charge in [-0.15, -0.1) is 0 Å². The maximum atomic E-state index is 12.2. The highest BCUT2D eigenvalue weighted by Gasteiger charge is 2.21. The second kappa shape index (κ2) is 15.0. The Bertz CT molecular complexity index is 1120. The smallest absolute Gasteiger partial charge is 0.309 e. The molecule has 0 heterocycles.